The number of unbranched alkanes of at least 4 members (excludes halogenated alkanes) is 1. The van der Waals surface area contributed by atoms with Crippen LogP contribution in [0.1, 0.15) is 51.3 Å². The van der Waals surface area contributed by atoms with Gasteiger partial charge in [0.15, 0.2) is 11.5 Å². The third-order valence-corrected chi connectivity index (χ3v) is 4.34. The average Bonchev–Trinajstić information content (AvgIpc) is 3.04. The quantitative estimate of drug-likeness (QED) is 0.909. The number of aryl methyl sites for hydroxylation is 1. The van der Waals surface area contributed by atoms with Crippen molar-refractivity contribution in [3.05, 3.63) is 18.0 Å². The van der Waals surface area contributed by atoms with Gasteiger partial charge >= 0.3 is 0 Å². The lowest BCUT2D eigenvalue weighted by Gasteiger charge is -2.21. The first-order valence-electron chi connectivity index (χ1n) is 7.73. The zero-order valence-corrected chi connectivity index (χ0v) is 12.3. The van der Waals surface area contributed by atoms with Gasteiger partial charge in [-0.2, -0.15) is 4.52 Å². The second kappa shape index (κ2) is 5.77. The van der Waals surface area contributed by atoms with Crippen molar-refractivity contribution >= 4 is 11.5 Å². The van der Waals surface area contributed by atoms with Crippen LogP contribution in [0.3, 0.4) is 0 Å². The Kier molecular flexibility index (Phi) is 3.85. The summed E-state index contributed by atoms with van der Waals surface area (Å²) in [5, 5.41) is 16.3. The summed E-state index contributed by atoms with van der Waals surface area (Å²) in [5.74, 6) is 2.57. The molecule has 1 aliphatic carbocycles. The van der Waals surface area contributed by atoms with E-state index < -0.39 is 0 Å². The second-order valence-electron chi connectivity index (χ2n) is 5.82. The summed E-state index contributed by atoms with van der Waals surface area (Å²) in [4.78, 5) is 0. The highest BCUT2D eigenvalue weighted by Crippen LogP contribution is 2.31. The maximum Gasteiger partial charge on any atom is 0.178 e. The molecule has 2 atom stereocenters. The fourth-order valence-electron chi connectivity index (χ4n) is 3.20. The van der Waals surface area contributed by atoms with Gasteiger partial charge in [0.25, 0.3) is 0 Å². The van der Waals surface area contributed by atoms with Crippen molar-refractivity contribution in [3.8, 4) is 0 Å². The maximum atomic E-state index is 4.59. The minimum absolute atomic E-state index is 0.572. The van der Waals surface area contributed by atoms with E-state index in [0.29, 0.717) is 6.04 Å². The first kappa shape index (κ1) is 13.3. The topological polar surface area (TPSA) is 55.1 Å². The fraction of sp³-hybridized carbons (Fsp3) is 0.667. The fourth-order valence-corrected chi connectivity index (χ4v) is 3.20. The lowest BCUT2D eigenvalue weighted by Crippen LogP contribution is -2.24. The van der Waals surface area contributed by atoms with E-state index >= 15 is 0 Å². The average molecular weight is 273 g/mol. The molecule has 0 spiro atoms. The van der Waals surface area contributed by atoms with Crippen LogP contribution in [-0.4, -0.2) is 25.9 Å². The largest absolute Gasteiger partial charge is 0.366 e. The van der Waals surface area contributed by atoms with Crippen LogP contribution in [0.25, 0.3) is 5.65 Å². The van der Waals surface area contributed by atoms with Crippen LogP contribution in [0.5, 0.6) is 0 Å². The number of hydrogen-bond acceptors (Lipinski definition) is 4. The molecule has 1 aliphatic rings. The normalized spacial score (nSPS) is 22.5. The first-order valence-corrected chi connectivity index (χ1v) is 7.73. The van der Waals surface area contributed by atoms with E-state index in [9.17, 15) is 0 Å². The summed E-state index contributed by atoms with van der Waals surface area (Å²) in [7, 11) is 0. The molecule has 2 aromatic heterocycles. The Morgan fingerprint density at radius 2 is 2.20 bits per heavy atom. The molecule has 1 fully saturated rings. The van der Waals surface area contributed by atoms with Crippen molar-refractivity contribution in [2.75, 3.05) is 5.32 Å². The molecule has 0 amide bonds. The van der Waals surface area contributed by atoms with Gasteiger partial charge in [0.05, 0.1) is 0 Å². The Balaban J connectivity index is 1.73. The molecule has 0 aromatic carbocycles. The second-order valence-corrected chi connectivity index (χ2v) is 5.82. The lowest BCUT2D eigenvalue weighted by molar-refractivity contribution is 0.447. The van der Waals surface area contributed by atoms with E-state index in [1.54, 1.807) is 4.52 Å². The molecule has 0 aliphatic heterocycles. The zero-order chi connectivity index (χ0) is 13.9. The van der Waals surface area contributed by atoms with Crippen LogP contribution in [0.2, 0.25) is 0 Å². The number of nitrogens with zero attached hydrogens (tertiary/aromatic N) is 4. The zero-order valence-electron chi connectivity index (χ0n) is 12.3. The number of nitrogens with one attached hydrogen (secondary N) is 1. The number of aromatic nitrogens is 4. The van der Waals surface area contributed by atoms with Gasteiger partial charge in [-0.15, -0.1) is 15.3 Å². The maximum absolute atomic E-state index is 4.59. The van der Waals surface area contributed by atoms with Gasteiger partial charge in [-0.25, -0.2) is 0 Å². The van der Waals surface area contributed by atoms with Gasteiger partial charge in [-0.3, -0.25) is 0 Å². The molecule has 3 rings (SSSR count). The van der Waals surface area contributed by atoms with Crippen LogP contribution >= 0.6 is 0 Å². The predicted octanol–water partition coefficient (Wildman–Crippen LogP) is 3.20. The van der Waals surface area contributed by atoms with Crippen molar-refractivity contribution in [1.29, 1.82) is 0 Å². The monoisotopic (exact) mass is 273 g/mol. The predicted molar refractivity (Wildman–Crippen MR) is 79.8 cm³/mol. The summed E-state index contributed by atoms with van der Waals surface area (Å²) in [6, 6.07) is 4.56. The van der Waals surface area contributed by atoms with Crippen molar-refractivity contribution in [2.24, 2.45) is 5.92 Å². The third kappa shape index (κ3) is 2.62. The van der Waals surface area contributed by atoms with Gasteiger partial charge in [-0.1, -0.05) is 26.2 Å². The highest BCUT2D eigenvalue weighted by atomic mass is 15.4. The molecule has 2 aromatic rings. The smallest absolute Gasteiger partial charge is 0.178 e. The third-order valence-electron chi connectivity index (χ3n) is 4.34. The van der Waals surface area contributed by atoms with Crippen LogP contribution in [0.15, 0.2) is 12.1 Å². The molecular formula is C15H23N5. The molecule has 0 saturated heterocycles. The van der Waals surface area contributed by atoms with Gasteiger partial charge < -0.3 is 5.32 Å². The van der Waals surface area contributed by atoms with Gasteiger partial charge in [0, 0.05) is 6.04 Å². The lowest BCUT2D eigenvalue weighted by atomic mass is 9.97. The van der Waals surface area contributed by atoms with E-state index in [-0.39, 0.29) is 0 Å². The summed E-state index contributed by atoms with van der Waals surface area (Å²) in [6.07, 6.45) is 7.90. The SMILES string of the molecule is CCCCC1CCCC1Nc1ccc2nnc(C)n2n1. The Labute approximate surface area is 119 Å². The molecule has 1 N–H and O–H groups in total. The molecule has 2 unspecified atom stereocenters. The molecule has 0 radical (unpaired) electrons. The number of rotatable bonds is 5. The van der Waals surface area contributed by atoms with Crippen molar-refractivity contribution < 1.29 is 0 Å². The number of hydrogen-bond donors (Lipinski definition) is 1. The van der Waals surface area contributed by atoms with Crippen LogP contribution in [0, 0.1) is 12.8 Å². The van der Waals surface area contributed by atoms with Crippen LogP contribution in [0.4, 0.5) is 5.82 Å². The minimum atomic E-state index is 0.572. The summed E-state index contributed by atoms with van der Waals surface area (Å²) >= 11 is 0. The van der Waals surface area contributed by atoms with Gasteiger partial charge in [0.1, 0.15) is 5.82 Å². The van der Waals surface area contributed by atoms with Crippen LogP contribution < -0.4 is 5.32 Å². The van der Waals surface area contributed by atoms with Gasteiger partial charge in [0.2, 0.25) is 0 Å². The van der Waals surface area contributed by atoms with E-state index in [2.05, 4.69) is 27.5 Å². The van der Waals surface area contributed by atoms with E-state index in [1.807, 2.05) is 19.1 Å². The molecule has 2 heterocycles. The Hall–Kier alpha value is -1.65. The molecule has 5 heteroatoms. The van der Waals surface area contributed by atoms with Crippen molar-refractivity contribution in [2.45, 2.75) is 58.4 Å². The highest BCUT2D eigenvalue weighted by Gasteiger charge is 2.26. The van der Waals surface area contributed by atoms with Gasteiger partial charge in [-0.05, 0) is 44.2 Å². The summed E-state index contributed by atoms with van der Waals surface area (Å²) in [5.41, 5.74) is 0.807. The number of fused-ring (bicyclic) bond motifs is 1. The first-order chi connectivity index (χ1) is 9.78. The Morgan fingerprint density at radius 1 is 1.30 bits per heavy atom. The number of anilines is 1. The van der Waals surface area contributed by atoms with Crippen molar-refractivity contribution in [1.82, 2.24) is 19.8 Å². The molecule has 1 saturated carbocycles. The van der Waals surface area contributed by atoms with E-state index in [4.69, 9.17) is 0 Å². The van der Waals surface area contributed by atoms with Crippen molar-refractivity contribution in [3.63, 3.8) is 0 Å². The summed E-state index contributed by atoms with van der Waals surface area (Å²) < 4.78 is 1.80. The Morgan fingerprint density at radius 3 is 3.05 bits per heavy atom. The van der Waals surface area contributed by atoms with Crippen LogP contribution in [-0.2, 0) is 0 Å². The van der Waals surface area contributed by atoms with E-state index in [1.165, 1.54) is 38.5 Å². The highest BCUT2D eigenvalue weighted by molar-refractivity contribution is 5.44. The molecular weight excluding hydrogens is 250 g/mol. The molecule has 108 valence electrons. The standard InChI is InChI=1S/C15H23N5/c1-3-4-6-12-7-5-8-13(12)16-14-9-10-15-18-17-11(2)20(15)19-14/h9-10,12-13H,3-8H2,1-2H3,(H,16,19). The Bertz CT molecular complexity index is 577. The summed E-state index contributed by atoms with van der Waals surface area (Å²) in [6.45, 7) is 4.19. The molecule has 5 nitrogen and oxygen atoms in total. The van der Waals surface area contributed by atoms with E-state index in [0.717, 1.165) is 23.2 Å². The molecule has 20 heavy (non-hydrogen) atoms. The molecule has 0 bridgehead atoms. The minimum Gasteiger partial charge on any atom is -0.366 e.